The molecule has 2 aliphatic heterocycles. The Balaban J connectivity index is 1.84. The Hall–Kier alpha value is -1.10. The van der Waals surface area contributed by atoms with Crippen LogP contribution >= 0.6 is 0 Å². The lowest BCUT2D eigenvalue weighted by Crippen LogP contribution is -2.50. The molecule has 102 valence electrons. The van der Waals surface area contributed by atoms with Gasteiger partial charge in [-0.25, -0.2) is 4.79 Å². The summed E-state index contributed by atoms with van der Waals surface area (Å²) in [4.78, 5) is 25.0. The summed E-state index contributed by atoms with van der Waals surface area (Å²) in [6, 6.07) is -0.443. The number of carbonyl (C=O) groups excluding carboxylic acids is 2. The number of carbonyl (C=O) groups is 2. The van der Waals surface area contributed by atoms with Crippen LogP contribution < -0.4 is 5.32 Å². The van der Waals surface area contributed by atoms with Gasteiger partial charge in [0.1, 0.15) is 6.29 Å². The quantitative estimate of drug-likeness (QED) is 0.769. The zero-order chi connectivity index (χ0) is 12.8. The molecule has 0 radical (unpaired) electrons. The third kappa shape index (κ3) is 3.45. The number of nitrogens with zero attached hydrogens (tertiary/aromatic N) is 1. The lowest BCUT2D eigenvalue weighted by molar-refractivity contribution is -0.111. The third-order valence-electron chi connectivity index (χ3n) is 3.85. The molecule has 2 saturated heterocycles. The number of amides is 2. The Morgan fingerprint density at radius 3 is 2.50 bits per heavy atom. The Morgan fingerprint density at radius 2 is 1.89 bits per heavy atom. The van der Waals surface area contributed by atoms with E-state index >= 15 is 0 Å². The summed E-state index contributed by atoms with van der Waals surface area (Å²) in [5, 5.41) is 2.87. The van der Waals surface area contributed by atoms with E-state index < -0.39 is 0 Å². The first-order valence-corrected chi connectivity index (χ1v) is 6.90. The average Bonchev–Trinajstić information content (AvgIpc) is 2.46. The van der Waals surface area contributed by atoms with Gasteiger partial charge < -0.3 is 19.7 Å². The standard InChI is InChI=1S/C13H22N2O3/c16-10-12(11-4-8-18-9-5-11)14-13(17)15-6-2-1-3-7-15/h10-12H,1-9H2,(H,14,17)/t12-/m1/s1. The van der Waals surface area contributed by atoms with Gasteiger partial charge in [-0.15, -0.1) is 0 Å². The van der Waals surface area contributed by atoms with Crippen molar-refractivity contribution in [3.8, 4) is 0 Å². The minimum absolute atomic E-state index is 0.0849. The number of hydrogen-bond donors (Lipinski definition) is 1. The molecule has 0 bridgehead atoms. The van der Waals surface area contributed by atoms with Gasteiger partial charge in [-0.1, -0.05) is 0 Å². The van der Waals surface area contributed by atoms with Crippen LogP contribution in [0.1, 0.15) is 32.1 Å². The predicted molar refractivity (Wildman–Crippen MR) is 67.4 cm³/mol. The highest BCUT2D eigenvalue weighted by atomic mass is 16.5. The molecule has 0 saturated carbocycles. The molecule has 0 aromatic rings. The van der Waals surface area contributed by atoms with E-state index in [-0.39, 0.29) is 18.0 Å². The van der Waals surface area contributed by atoms with Crippen molar-refractivity contribution in [1.82, 2.24) is 10.2 Å². The monoisotopic (exact) mass is 254 g/mol. The maximum absolute atomic E-state index is 12.0. The van der Waals surface area contributed by atoms with Gasteiger partial charge in [0.2, 0.25) is 0 Å². The van der Waals surface area contributed by atoms with Crippen molar-refractivity contribution < 1.29 is 14.3 Å². The highest BCUT2D eigenvalue weighted by Crippen LogP contribution is 2.18. The molecule has 1 N–H and O–H groups in total. The number of rotatable bonds is 3. The number of ether oxygens (including phenoxy) is 1. The van der Waals surface area contributed by atoms with Crippen molar-refractivity contribution >= 4 is 12.3 Å². The van der Waals surface area contributed by atoms with Crippen LogP contribution in [0.3, 0.4) is 0 Å². The molecule has 2 rings (SSSR count). The molecule has 0 aromatic heterocycles. The first-order valence-electron chi connectivity index (χ1n) is 6.90. The molecule has 0 spiro atoms. The number of hydrogen-bond acceptors (Lipinski definition) is 3. The number of aldehydes is 1. The second kappa shape index (κ2) is 6.73. The predicted octanol–water partition coefficient (Wildman–Crippen LogP) is 1.18. The molecule has 2 heterocycles. The van der Waals surface area contributed by atoms with E-state index in [0.717, 1.165) is 45.1 Å². The van der Waals surface area contributed by atoms with E-state index in [0.29, 0.717) is 13.2 Å². The molecular formula is C13H22N2O3. The second-order valence-corrected chi connectivity index (χ2v) is 5.11. The highest BCUT2D eigenvalue weighted by molar-refractivity contribution is 5.78. The molecule has 2 aliphatic rings. The van der Waals surface area contributed by atoms with E-state index in [9.17, 15) is 9.59 Å². The molecule has 1 atom stereocenters. The van der Waals surface area contributed by atoms with Crippen molar-refractivity contribution in [2.45, 2.75) is 38.1 Å². The number of nitrogens with one attached hydrogen (secondary N) is 1. The zero-order valence-corrected chi connectivity index (χ0v) is 10.8. The Bertz CT molecular complexity index is 284. The van der Waals surface area contributed by atoms with E-state index in [1.807, 2.05) is 4.90 Å². The van der Waals surface area contributed by atoms with Gasteiger partial charge in [0.05, 0.1) is 6.04 Å². The van der Waals surface area contributed by atoms with Gasteiger partial charge in [0.25, 0.3) is 0 Å². The van der Waals surface area contributed by atoms with Crippen LogP contribution in [0.15, 0.2) is 0 Å². The molecule has 0 aromatic carbocycles. The van der Waals surface area contributed by atoms with Crippen molar-refractivity contribution in [3.05, 3.63) is 0 Å². The normalized spacial score (nSPS) is 23.4. The zero-order valence-electron chi connectivity index (χ0n) is 10.8. The lowest BCUT2D eigenvalue weighted by Gasteiger charge is -2.31. The molecule has 2 amide bonds. The summed E-state index contributed by atoms with van der Waals surface area (Å²) < 4.78 is 5.28. The molecule has 5 heteroatoms. The number of urea groups is 1. The van der Waals surface area contributed by atoms with Crippen molar-refractivity contribution in [2.75, 3.05) is 26.3 Å². The van der Waals surface area contributed by atoms with Crippen LogP contribution in [0.2, 0.25) is 0 Å². The van der Waals surface area contributed by atoms with Crippen molar-refractivity contribution in [2.24, 2.45) is 5.92 Å². The van der Waals surface area contributed by atoms with Gasteiger partial charge in [0.15, 0.2) is 0 Å². The molecule has 18 heavy (non-hydrogen) atoms. The summed E-state index contributed by atoms with van der Waals surface area (Å²) in [6.07, 6.45) is 5.90. The average molecular weight is 254 g/mol. The minimum Gasteiger partial charge on any atom is -0.381 e. The maximum atomic E-state index is 12.0. The van der Waals surface area contributed by atoms with Gasteiger partial charge in [-0.05, 0) is 38.0 Å². The van der Waals surface area contributed by atoms with Crippen LogP contribution in [0.25, 0.3) is 0 Å². The van der Waals surface area contributed by atoms with Crippen LogP contribution in [-0.4, -0.2) is 49.6 Å². The molecule has 0 unspecified atom stereocenters. The summed E-state index contributed by atoms with van der Waals surface area (Å²) in [5.74, 6) is 0.227. The first-order chi connectivity index (χ1) is 8.81. The van der Waals surface area contributed by atoms with Gasteiger partial charge >= 0.3 is 6.03 Å². The van der Waals surface area contributed by atoms with Crippen molar-refractivity contribution in [3.63, 3.8) is 0 Å². The first kappa shape index (κ1) is 13.3. The molecular weight excluding hydrogens is 232 g/mol. The summed E-state index contributed by atoms with van der Waals surface area (Å²) >= 11 is 0. The van der Waals surface area contributed by atoms with Crippen LogP contribution in [-0.2, 0) is 9.53 Å². The van der Waals surface area contributed by atoms with Gasteiger partial charge in [-0.2, -0.15) is 0 Å². The lowest BCUT2D eigenvalue weighted by atomic mass is 9.93. The molecule has 5 nitrogen and oxygen atoms in total. The Morgan fingerprint density at radius 1 is 1.22 bits per heavy atom. The fourth-order valence-corrected chi connectivity index (χ4v) is 2.67. The Labute approximate surface area is 108 Å². The highest BCUT2D eigenvalue weighted by Gasteiger charge is 2.27. The van der Waals surface area contributed by atoms with E-state index in [1.165, 1.54) is 6.42 Å². The number of likely N-dealkylation sites (tertiary alicyclic amines) is 1. The SMILES string of the molecule is O=C[C@@H](NC(=O)N1CCCCC1)C1CCOCC1. The van der Waals surface area contributed by atoms with E-state index in [2.05, 4.69) is 5.32 Å². The largest absolute Gasteiger partial charge is 0.381 e. The summed E-state index contributed by atoms with van der Waals surface area (Å²) in [6.45, 7) is 3.00. The summed E-state index contributed by atoms with van der Waals surface area (Å²) in [5.41, 5.74) is 0. The molecule has 2 fully saturated rings. The summed E-state index contributed by atoms with van der Waals surface area (Å²) in [7, 11) is 0. The fraction of sp³-hybridized carbons (Fsp3) is 0.846. The smallest absolute Gasteiger partial charge is 0.317 e. The third-order valence-corrected chi connectivity index (χ3v) is 3.85. The minimum atomic E-state index is -0.358. The Kier molecular flexibility index (Phi) is 4.99. The van der Waals surface area contributed by atoms with Crippen LogP contribution in [0.5, 0.6) is 0 Å². The fourth-order valence-electron chi connectivity index (χ4n) is 2.67. The second-order valence-electron chi connectivity index (χ2n) is 5.11. The van der Waals surface area contributed by atoms with Crippen LogP contribution in [0.4, 0.5) is 4.79 Å². The van der Waals surface area contributed by atoms with E-state index in [4.69, 9.17) is 4.74 Å². The topological polar surface area (TPSA) is 58.6 Å². The maximum Gasteiger partial charge on any atom is 0.317 e. The van der Waals surface area contributed by atoms with Gasteiger partial charge in [0, 0.05) is 26.3 Å². The van der Waals surface area contributed by atoms with Crippen molar-refractivity contribution in [1.29, 1.82) is 0 Å². The molecule has 0 aliphatic carbocycles. The van der Waals surface area contributed by atoms with Crippen LogP contribution in [0, 0.1) is 5.92 Å². The van der Waals surface area contributed by atoms with E-state index in [1.54, 1.807) is 0 Å². The number of piperidine rings is 1. The van der Waals surface area contributed by atoms with Gasteiger partial charge in [-0.3, -0.25) is 0 Å².